The summed E-state index contributed by atoms with van der Waals surface area (Å²) in [6, 6.07) is 8.09. The highest BCUT2D eigenvalue weighted by Gasteiger charge is 1.59. The summed E-state index contributed by atoms with van der Waals surface area (Å²) in [5.74, 6) is 0. The molecule has 0 saturated carbocycles. The molecule has 0 fully saturated rings. The Bertz CT molecular complexity index is 111. The van der Waals surface area contributed by atoms with Crippen molar-refractivity contribution in [2.45, 2.75) is 0 Å². The van der Waals surface area contributed by atoms with E-state index in [1.165, 1.54) is 0 Å². The normalized spacial score (nSPS) is 8.00. The topological polar surface area (TPSA) is 0 Å². The SMILES string of the molecule is c1cccsscc1. The van der Waals surface area contributed by atoms with Crippen LogP contribution in [-0.2, 0) is 0 Å². The van der Waals surface area contributed by atoms with Crippen LogP contribution in [0.4, 0.5) is 0 Å². The summed E-state index contributed by atoms with van der Waals surface area (Å²) in [4.78, 5) is 0. The zero-order valence-corrected chi connectivity index (χ0v) is 5.91. The Morgan fingerprint density at radius 2 is 1.12 bits per heavy atom. The number of rotatable bonds is 0. The van der Waals surface area contributed by atoms with Crippen LogP contribution in [0.5, 0.6) is 0 Å². The van der Waals surface area contributed by atoms with Crippen molar-refractivity contribution in [2.75, 3.05) is 0 Å². The van der Waals surface area contributed by atoms with Gasteiger partial charge >= 0.3 is 0 Å². The summed E-state index contributed by atoms with van der Waals surface area (Å²) in [5.41, 5.74) is 0. The van der Waals surface area contributed by atoms with E-state index in [0.717, 1.165) is 0 Å². The Kier molecular flexibility index (Phi) is 2.63. The van der Waals surface area contributed by atoms with Crippen molar-refractivity contribution in [3.8, 4) is 0 Å². The largest absolute Gasteiger partial charge is 0.0887 e. The molecule has 1 aromatic heterocycles. The molecule has 0 nitrogen and oxygen atoms in total. The predicted molar refractivity (Wildman–Crippen MR) is 39.8 cm³/mol. The molecule has 42 valence electrons. The first-order valence-electron chi connectivity index (χ1n) is 2.30. The maximum Gasteiger partial charge on any atom is 0.00135 e. The minimum absolute atomic E-state index is 1.73. The fourth-order valence-electron chi connectivity index (χ4n) is 0.347. The van der Waals surface area contributed by atoms with E-state index in [4.69, 9.17) is 0 Å². The Balaban J connectivity index is 3.00. The first-order chi connectivity index (χ1) is 4.00. The molecule has 8 heavy (non-hydrogen) atoms. The van der Waals surface area contributed by atoms with E-state index in [1.807, 2.05) is 24.3 Å². The van der Waals surface area contributed by atoms with E-state index in [1.54, 1.807) is 20.7 Å². The molecule has 0 amide bonds. The van der Waals surface area contributed by atoms with Crippen molar-refractivity contribution in [2.24, 2.45) is 0 Å². The Morgan fingerprint density at radius 3 is 1.62 bits per heavy atom. The number of hydrogen-bond donors (Lipinski definition) is 0. The van der Waals surface area contributed by atoms with E-state index in [2.05, 4.69) is 10.8 Å². The van der Waals surface area contributed by atoms with Crippen LogP contribution >= 0.6 is 20.7 Å². The van der Waals surface area contributed by atoms with Crippen molar-refractivity contribution < 1.29 is 0 Å². The maximum atomic E-state index is 2.06. The van der Waals surface area contributed by atoms with Gasteiger partial charge in [0, 0.05) is 10.8 Å². The van der Waals surface area contributed by atoms with Gasteiger partial charge in [-0.1, -0.05) is 44.9 Å². The molecular weight excluding hydrogens is 136 g/mol. The molecule has 0 aliphatic carbocycles. The van der Waals surface area contributed by atoms with Crippen molar-refractivity contribution in [1.82, 2.24) is 0 Å². The average Bonchev–Trinajstić information content (AvgIpc) is 1.62. The highest BCUT2D eigenvalue weighted by atomic mass is 32.9. The molecule has 1 rings (SSSR count). The van der Waals surface area contributed by atoms with Crippen LogP contribution in [0, 0.1) is 0 Å². The molecule has 0 radical (unpaired) electrons. The van der Waals surface area contributed by atoms with Gasteiger partial charge in [-0.25, -0.2) is 0 Å². The molecule has 0 atom stereocenters. The summed E-state index contributed by atoms with van der Waals surface area (Å²) < 4.78 is 0. The lowest BCUT2D eigenvalue weighted by atomic mass is 10.5. The Labute approximate surface area is 56.1 Å². The van der Waals surface area contributed by atoms with Crippen LogP contribution in [0.15, 0.2) is 35.0 Å². The van der Waals surface area contributed by atoms with E-state index >= 15 is 0 Å². The minimum atomic E-state index is 1.73. The van der Waals surface area contributed by atoms with Crippen LogP contribution < -0.4 is 0 Å². The van der Waals surface area contributed by atoms with E-state index in [0.29, 0.717) is 0 Å². The van der Waals surface area contributed by atoms with E-state index in [9.17, 15) is 0 Å². The summed E-state index contributed by atoms with van der Waals surface area (Å²) in [5, 5.41) is 4.12. The van der Waals surface area contributed by atoms with Crippen LogP contribution in [0.2, 0.25) is 0 Å². The summed E-state index contributed by atoms with van der Waals surface area (Å²) in [7, 11) is 3.45. The lowest BCUT2D eigenvalue weighted by Crippen LogP contribution is -1.40. The third-order valence-corrected chi connectivity index (χ3v) is 2.30. The molecule has 0 saturated heterocycles. The van der Waals surface area contributed by atoms with Gasteiger partial charge in [0.15, 0.2) is 0 Å². The Morgan fingerprint density at radius 1 is 0.625 bits per heavy atom. The zero-order valence-electron chi connectivity index (χ0n) is 4.28. The summed E-state index contributed by atoms with van der Waals surface area (Å²) in [6.45, 7) is 0. The van der Waals surface area contributed by atoms with Gasteiger partial charge in [0.2, 0.25) is 0 Å². The van der Waals surface area contributed by atoms with Gasteiger partial charge in [-0.3, -0.25) is 0 Å². The summed E-state index contributed by atoms with van der Waals surface area (Å²) >= 11 is 0. The smallest absolute Gasteiger partial charge is 0.00135 e. The molecule has 0 aliphatic rings. The second kappa shape index (κ2) is 3.64. The first kappa shape index (κ1) is 5.79. The zero-order chi connectivity index (χ0) is 5.66. The van der Waals surface area contributed by atoms with Crippen LogP contribution in [-0.4, -0.2) is 0 Å². The van der Waals surface area contributed by atoms with Crippen molar-refractivity contribution in [1.29, 1.82) is 0 Å². The Hall–Kier alpha value is -0.340. The molecule has 0 bridgehead atoms. The average molecular weight is 142 g/mol. The fourth-order valence-corrected chi connectivity index (χ4v) is 1.56. The van der Waals surface area contributed by atoms with E-state index in [-0.39, 0.29) is 0 Å². The molecule has 1 heterocycles. The number of hydrogen-bond acceptors (Lipinski definition) is 2. The monoisotopic (exact) mass is 142 g/mol. The van der Waals surface area contributed by atoms with Gasteiger partial charge in [-0.2, -0.15) is 0 Å². The molecule has 1 aromatic rings. The van der Waals surface area contributed by atoms with Crippen LogP contribution in [0.1, 0.15) is 0 Å². The highest BCUT2D eigenvalue weighted by molar-refractivity contribution is 7.67. The molecule has 2 heteroatoms. The third kappa shape index (κ3) is 2.09. The van der Waals surface area contributed by atoms with Gasteiger partial charge in [0.25, 0.3) is 0 Å². The van der Waals surface area contributed by atoms with Gasteiger partial charge in [0.1, 0.15) is 0 Å². The van der Waals surface area contributed by atoms with Gasteiger partial charge < -0.3 is 0 Å². The van der Waals surface area contributed by atoms with Crippen molar-refractivity contribution in [3.63, 3.8) is 0 Å². The van der Waals surface area contributed by atoms with Gasteiger partial charge in [-0.15, -0.1) is 0 Å². The molecule has 0 spiro atoms. The van der Waals surface area contributed by atoms with Crippen LogP contribution in [0.25, 0.3) is 0 Å². The highest BCUT2D eigenvalue weighted by Crippen LogP contribution is 1.98. The summed E-state index contributed by atoms with van der Waals surface area (Å²) in [6.07, 6.45) is 0. The van der Waals surface area contributed by atoms with Gasteiger partial charge in [0.05, 0.1) is 0 Å². The fraction of sp³-hybridized carbons (Fsp3) is 0. The standard InChI is InChI=1S/C6H6S2/c1-2-4-6-8-7-5-3-1/h1-6H. The van der Waals surface area contributed by atoms with Gasteiger partial charge in [-0.05, 0) is 0 Å². The second-order valence-corrected chi connectivity index (χ2v) is 3.32. The van der Waals surface area contributed by atoms with Crippen LogP contribution in [0.3, 0.4) is 0 Å². The molecule has 0 aliphatic heterocycles. The second-order valence-electron chi connectivity index (χ2n) is 1.23. The predicted octanol–water partition coefficient (Wildman–Crippen LogP) is 2.93. The minimum Gasteiger partial charge on any atom is -0.0887 e. The lowest BCUT2D eigenvalue weighted by Gasteiger charge is -1.68. The maximum absolute atomic E-state index is 2.06. The third-order valence-electron chi connectivity index (χ3n) is 0.657. The molecule has 0 aromatic carbocycles. The van der Waals surface area contributed by atoms with Crippen molar-refractivity contribution >= 4 is 20.7 Å². The van der Waals surface area contributed by atoms with E-state index < -0.39 is 0 Å². The first-order valence-corrected chi connectivity index (χ1v) is 4.58. The lowest BCUT2D eigenvalue weighted by molar-refractivity contribution is 1.86. The molecule has 0 unspecified atom stereocenters. The molecular formula is C6H6S2. The molecule has 0 N–H and O–H groups in total. The quantitative estimate of drug-likeness (QED) is 0.488. The van der Waals surface area contributed by atoms with Crippen molar-refractivity contribution in [3.05, 3.63) is 35.0 Å².